The van der Waals surface area contributed by atoms with Crippen molar-refractivity contribution < 1.29 is 29.1 Å². The molecule has 36 heavy (non-hydrogen) atoms. The van der Waals surface area contributed by atoms with Crippen molar-refractivity contribution in [3.05, 3.63) is 18.2 Å². The van der Waals surface area contributed by atoms with Crippen LogP contribution in [0.25, 0.3) is 0 Å². The first-order chi connectivity index (χ1) is 16.9. The van der Waals surface area contributed by atoms with Gasteiger partial charge in [-0.25, -0.2) is 9.78 Å². The molecule has 4 unspecified atom stereocenters. The number of nitrogens with one attached hydrogen (secondary N) is 4. The fourth-order valence-corrected chi connectivity index (χ4v) is 3.15. The molecule has 0 aliphatic heterocycles. The van der Waals surface area contributed by atoms with Crippen molar-refractivity contribution in [3.8, 4) is 0 Å². The second-order valence-corrected chi connectivity index (χ2v) is 8.08. The molecule has 0 aromatic carbocycles. The van der Waals surface area contributed by atoms with Gasteiger partial charge in [-0.2, -0.15) is 12.6 Å². The van der Waals surface area contributed by atoms with Crippen LogP contribution in [0.5, 0.6) is 0 Å². The summed E-state index contributed by atoms with van der Waals surface area (Å²) in [5.74, 6) is -4.93. The highest BCUT2D eigenvalue weighted by molar-refractivity contribution is 7.80. The number of aliphatic imine (C=N–C) groups is 1. The van der Waals surface area contributed by atoms with Crippen molar-refractivity contribution in [2.75, 3.05) is 12.3 Å². The first-order valence-corrected chi connectivity index (χ1v) is 11.4. The van der Waals surface area contributed by atoms with Gasteiger partial charge < -0.3 is 49.0 Å². The third-order valence-corrected chi connectivity index (χ3v) is 5.12. The quantitative estimate of drug-likeness (QED) is 0.0426. The Morgan fingerprint density at radius 1 is 1.03 bits per heavy atom. The highest BCUT2D eigenvalue weighted by Crippen LogP contribution is 2.03. The maximum absolute atomic E-state index is 12.9. The van der Waals surface area contributed by atoms with E-state index in [-0.39, 0.29) is 31.1 Å². The van der Waals surface area contributed by atoms with Gasteiger partial charge in [0, 0.05) is 30.6 Å². The Morgan fingerprint density at radius 3 is 2.17 bits per heavy atom. The van der Waals surface area contributed by atoms with Gasteiger partial charge in [0.1, 0.15) is 18.1 Å². The van der Waals surface area contributed by atoms with E-state index in [9.17, 15) is 29.1 Å². The van der Waals surface area contributed by atoms with Crippen molar-refractivity contribution in [3.63, 3.8) is 0 Å². The molecule has 0 radical (unpaired) electrons. The number of nitrogens with zero attached hydrogens (tertiary/aromatic N) is 2. The van der Waals surface area contributed by atoms with Gasteiger partial charge in [0.25, 0.3) is 0 Å². The number of amides is 4. The average Bonchev–Trinajstić information content (AvgIpc) is 3.31. The zero-order chi connectivity index (χ0) is 27.3. The summed E-state index contributed by atoms with van der Waals surface area (Å²) >= 11 is 4.08. The predicted molar refractivity (Wildman–Crippen MR) is 131 cm³/mol. The van der Waals surface area contributed by atoms with Crippen LogP contribution in [-0.2, 0) is 30.4 Å². The number of aliphatic carboxylic acids is 1. The fraction of sp³-hybridized carbons (Fsp3) is 0.526. The Hall–Kier alpha value is -3.86. The van der Waals surface area contributed by atoms with Gasteiger partial charge in [-0.3, -0.25) is 24.2 Å². The van der Waals surface area contributed by atoms with Gasteiger partial charge in [-0.1, -0.05) is 0 Å². The van der Waals surface area contributed by atoms with E-state index in [4.69, 9.17) is 22.9 Å². The summed E-state index contributed by atoms with van der Waals surface area (Å²) in [5.41, 5.74) is 21.8. The smallest absolute Gasteiger partial charge is 0.326 e. The van der Waals surface area contributed by atoms with Gasteiger partial charge in [0.2, 0.25) is 23.6 Å². The lowest BCUT2D eigenvalue weighted by Crippen LogP contribution is -2.58. The highest BCUT2D eigenvalue weighted by atomic mass is 32.1. The molecule has 0 aliphatic carbocycles. The van der Waals surface area contributed by atoms with Crippen LogP contribution in [0.3, 0.4) is 0 Å². The number of carbonyl (C=O) groups is 5. The molecule has 0 aliphatic rings. The minimum absolute atomic E-state index is 0.0853. The largest absolute Gasteiger partial charge is 0.480 e. The van der Waals surface area contributed by atoms with Crippen LogP contribution >= 0.6 is 12.6 Å². The molecule has 1 aromatic rings. The summed E-state index contributed by atoms with van der Waals surface area (Å²) in [4.78, 5) is 71.0. The summed E-state index contributed by atoms with van der Waals surface area (Å²) in [6, 6.07) is -5.01. The lowest BCUT2D eigenvalue weighted by atomic mass is 10.1. The van der Waals surface area contributed by atoms with E-state index in [0.717, 1.165) is 0 Å². The summed E-state index contributed by atoms with van der Waals surface area (Å²) < 4.78 is 0. The molecule has 4 atom stereocenters. The first kappa shape index (κ1) is 30.2. The van der Waals surface area contributed by atoms with Crippen molar-refractivity contribution in [1.82, 2.24) is 25.9 Å². The third-order valence-electron chi connectivity index (χ3n) is 4.75. The highest BCUT2D eigenvalue weighted by Gasteiger charge is 2.30. The van der Waals surface area contributed by atoms with Gasteiger partial charge >= 0.3 is 5.97 Å². The number of carboxylic acid groups (broad SMARTS) is 1. The standard InChI is InChI=1S/C19H32N10O6S/c20-10(2-1-3-25-19(22)23)15(31)29-13(7-36)17(33)27-11(4-9-6-24-8-26-9)16(32)28-12(18(34)35)5-14(21)30/h6,8,10-13,36H,1-5,7,20H2,(H2,21,30)(H,24,26)(H,27,33)(H,28,32)(H,29,31)(H,34,35)(H4,22,23,25). The molecule has 1 rings (SSSR count). The maximum Gasteiger partial charge on any atom is 0.326 e. The molecular weight excluding hydrogens is 496 g/mol. The van der Waals surface area contributed by atoms with E-state index < -0.39 is 60.2 Å². The zero-order valence-corrected chi connectivity index (χ0v) is 20.2. The fourth-order valence-electron chi connectivity index (χ4n) is 2.89. The summed E-state index contributed by atoms with van der Waals surface area (Å²) in [5, 5.41) is 16.3. The van der Waals surface area contributed by atoms with Crippen molar-refractivity contribution in [1.29, 1.82) is 0 Å². The number of nitrogens with two attached hydrogens (primary N) is 4. The Bertz CT molecular complexity index is 937. The Labute approximate surface area is 211 Å². The molecule has 200 valence electrons. The van der Waals surface area contributed by atoms with E-state index in [0.29, 0.717) is 12.1 Å². The molecule has 0 spiro atoms. The van der Waals surface area contributed by atoms with Gasteiger partial charge in [-0.15, -0.1) is 0 Å². The summed E-state index contributed by atoms with van der Waals surface area (Å²) in [7, 11) is 0. The first-order valence-electron chi connectivity index (χ1n) is 10.8. The number of carboxylic acids is 1. The minimum Gasteiger partial charge on any atom is -0.480 e. The van der Waals surface area contributed by atoms with Crippen LogP contribution in [0.2, 0.25) is 0 Å². The molecule has 13 N–H and O–H groups in total. The molecule has 0 fully saturated rings. The molecular formula is C19H32N10O6S. The topological polar surface area (TPSA) is 287 Å². The number of aromatic amines is 1. The predicted octanol–water partition coefficient (Wildman–Crippen LogP) is -4.32. The average molecular weight is 529 g/mol. The number of H-pyrrole nitrogens is 1. The molecule has 0 saturated carbocycles. The lowest BCUT2D eigenvalue weighted by molar-refractivity contribution is -0.143. The minimum atomic E-state index is -1.60. The third kappa shape index (κ3) is 11.0. The number of imidazole rings is 1. The van der Waals surface area contributed by atoms with Crippen LogP contribution < -0.4 is 38.9 Å². The second-order valence-electron chi connectivity index (χ2n) is 7.71. The van der Waals surface area contributed by atoms with Gasteiger partial charge in [0.05, 0.1) is 18.8 Å². The monoisotopic (exact) mass is 528 g/mol. The number of hydrogen-bond donors (Lipinski definition) is 10. The van der Waals surface area contributed by atoms with Crippen LogP contribution in [0.15, 0.2) is 17.5 Å². The normalized spacial score (nSPS) is 13.9. The molecule has 1 aromatic heterocycles. The van der Waals surface area contributed by atoms with Gasteiger partial charge in [0.15, 0.2) is 5.96 Å². The van der Waals surface area contributed by atoms with Crippen LogP contribution in [0.4, 0.5) is 0 Å². The van der Waals surface area contributed by atoms with E-state index >= 15 is 0 Å². The number of hydrogen-bond acceptors (Lipinski definition) is 9. The molecule has 4 amide bonds. The number of guanidine groups is 1. The van der Waals surface area contributed by atoms with E-state index in [1.807, 2.05) is 0 Å². The van der Waals surface area contributed by atoms with Crippen molar-refractivity contribution in [2.24, 2.45) is 27.9 Å². The van der Waals surface area contributed by atoms with Crippen LogP contribution in [0.1, 0.15) is 25.0 Å². The van der Waals surface area contributed by atoms with Crippen molar-refractivity contribution >= 4 is 48.2 Å². The Kier molecular flexibility index (Phi) is 12.7. The number of carbonyl (C=O) groups excluding carboxylic acids is 4. The molecule has 17 heteroatoms. The molecule has 1 heterocycles. The van der Waals surface area contributed by atoms with Crippen molar-refractivity contribution in [2.45, 2.75) is 49.9 Å². The Morgan fingerprint density at radius 2 is 1.64 bits per heavy atom. The van der Waals surface area contributed by atoms with Gasteiger partial charge in [-0.05, 0) is 12.8 Å². The Balaban J connectivity index is 2.87. The van der Waals surface area contributed by atoms with E-state index in [2.05, 4.69) is 43.5 Å². The molecule has 0 saturated heterocycles. The lowest BCUT2D eigenvalue weighted by Gasteiger charge is -2.24. The zero-order valence-electron chi connectivity index (χ0n) is 19.3. The van der Waals surface area contributed by atoms with Crippen LogP contribution in [-0.4, -0.2) is 87.1 Å². The maximum atomic E-state index is 12.9. The SMILES string of the molecule is NC(=O)CC(NC(=O)C(Cc1cnc[nH]1)NC(=O)C(CS)NC(=O)C(N)CCCN=C(N)N)C(=O)O. The number of rotatable bonds is 16. The van der Waals surface area contributed by atoms with Crippen LogP contribution in [0, 0.1) is 0 Å². The summed E-state index contributed by atoms with van der Waals surface area (Å²) in [6.07, 6.45) is 2.67. The number of thiol groups is 1. The molecule has 0 bridgehead atoms. The van der Waals surface area contributed by atoms with E-state index in [1.165, 1.54) is 12.5 Å². The number of primary amides is 1. The van der Waals surface area contributed by atoms with E-state index in [1.54, 1.807) is 0 Å². The second kappa shape index (κ2) is 15.2. The molecule has 16 nitrogen and oxygen atoms in total. The number of aromatic nitrogens is 2. The summed E-state index contributed by atoms with van der Waals surface area (Å²) in [6.45, 7) is 0.275.